The Morgan fingerprint density at radius 3 is 2.50 bits per heavy atom. The van der Waals surface area contributed by atoms with Crippen molar-refractivity contribution in [2.45, 2.75) is 26.4 Å². The normalized spacial score (nSPS) is 14.9. The molecule has 1 rings (SSSR count). The molecule has 0 amide bonds. The number of hydrogen-bond donors (Lipinski definition) is 1. The molecular weight excluding hydrogens is 176 g/mol. The molecule has 0 spiro atoms. The summed E-state index contributed by atoms with van der Waals surface area (Å²) in [5.41, 5.74) is 1.16. The Labute approximate surface area is 85.5 Å². The molecule has 2 heteroatoms. The number of benzene rings is 1. The number of rotatable bonds is 4. The fraction of sp³-hybridized carbons (Fsp3) is 0.500. The Balaban J connectivity index is 2.75. The molecular formula is C12H18O2. The zero-order valence-electron chi connectivity index (χ0n) is 9.03. The summed E-state index contributed by atoms with van der Waals surface area (Å²) < 4.78 is 5.24. The quantitative estimate of drug-likeness (QED) is 0.796. The van der Waals surface area contributed by atoms with Crippen molar-refractivity contribution in [3.8, 4) is 5.75 Å². The van der Waals surface area contributed by atoms with Gasteiger partial charge < -0.3 is 9.84 Å². The molecule has 0 radical (unpaired) electrons. The molecule has 1 N–H and O–H groups in total. The van der Waals surface area contributed by atoms with Gasteiger partial charge in [0.2, 0.25) is 0 Å². The summed E-state index contributed by atoms with van der Waals surface area (Å²) in [5, 5.41) is 9.40. The second-order valence-electron chi connectivity index (χ2n) is 3.73. The molecule has 0 aromatic heterocycles. The van der Waals surface area contributed by atoms with Crippen LogP contribution in [0.5, 0.6) is 5.75 Å². The Bertz CT molecular complexity index is 281. The predicted molar refractivity (Wildman–Crippen MR) is 57.5 cm³/mol. The highest BCUT2D eigenvalue weighted by molar-refractivity contribution is 5.33. The van der Waals surface area contributed by atoms with Gasteiger partial charge in [-0.25, -0.2) is 0 Å². The van der Waals surface area contributed by atoms with Crippen molar-refractivity contribution in [2.24, 2.45) is 5.92 Å². The van der Waals surface area contributed by atoms with Crippen LogP contribution in [0.15, 0.2) is 24.3 Å². The zero-order chi connectivity index (χ0) is 10.6. The third-order valence-electron chi connectivity index (χ3n) is 2.56. The zero-order valence-corrected chi connectivity index (χ0v) is 9.03. The van der Waals surface area contributed by atoms with E-state index < -0.39 is 0 Å². The van der Waals surface area contributed by atoms with E-state index in [1.165, 1.54) is 0 Å². The minimum absolute atomic E-state index is 0.256. The summed E-state index contributed by atoms with van der Waals surface area (Å²) in [6.45, 7) is 3.86. The number of para-hydroxylation sites is 1. The van der Waals surface area contributed by atoms with Gasteiger partial charge in [-0.3, -0.25) is 0 Å². The van der Waals surface area contributed by atoms with Crippen LogP contribution in [0.2, 0.25) is 0 Å². The van der Waals surface area contributed by atoms with Gasteiger partial charge in [-0.2, -0.15) is 0 Å². The molecule has 0 aliphatic rings. The standard InChI is InChI=1S/C12H18O2/c1-9(10(2)13)8-11-6-4-5-7-12(11)14-3/h4-7,9-10,13H,8H2,1-3H3/t9-,10-/m0/s1. The van der Waals surface area contributed by atoms with Crippen LogP contribution in [0.4, 0.5) is 0 Å². The molecule has 0 aliphatic carbocycles. The third kappa shape index (κ3) is 2.74. The van der Waals surface area contributed by atoms with E-state index in [4.69, 9.17) is 4.74 Å². The van der Waals surface area contributed by atoms with Gasteiger partial charge in [0.05, 0.1) is 13.2 Å². The number of methoxy groups -OCH3 is 1. The molecule has 0 saturated heterocycles. The minimum Gasteiger partial charge on any atom is -0.496 e. The van der Waals surface area contributed by atoms with Gasteiger partial charge in [-0.15, -0.1) is 0 Å². The molecule has 0 bridgehead atoms. The summed E-state index contributed by atoms with van der Waals surface area (Å²) in [6, 6.07) is 7.93. The molecule has 2 nitrogen and oxygen atoms in total. The average Bonchev–Trinajstić information content (AvgIpc) is 2.18. The lowest BCUT2D eigenvalue weighted by atomic mass is 9.96. The predicted octanol–water partition coefficient (Wildman–Crippen LogP) is 2.25. The van der Waals surface area contributed by atoms with Gasteiger partial charge in [0.1, 0.15) is 5.75 Å². The lowest BCUT2D eigenvalue weighted by Crippen LogP contribution is -2.15. The van der Waals surface area contributed by atoms with E-state index in [-0.39, 0.29) is 12.0 Å². The topological polar surface area (TPSA) is 29.5 Å². The first-order valence-corrected chi connectivity index (χ1v) is 4.95. The lowest BCUT2D eigenvalue weighted by Gasteiger charge is -2.16. The summed E-state index contributed by atoms with van der Waals surface area (Å²) in [7, 11) is 1.67. The van der Waals surface area contributed by atoms with E-state index in [2.05, 4.69) is 0 Å². The summed E-state index contributed by atoms with van der Waals surface area (Å²) in [6.07, 6.45) is 0.571. The molecule has 0 heterocycles. The van der Waals surface area contributed by atoms with Crippen LogP contribution in [0.1, 0.15) is 19.4 Å². The van der Waals surface area contributed by atoms with Gasteiger partial charge in [0.25, 0.3) is 0 Å². The van der Waals surface area contributed by atoms with Gasteiger partial charge in [0.15, 0.2) is 0 Å². The number of ether oxygens (including phenoxy) is 1. The lowest BCUT2D eigenvalue weighted by molar-refractivity contribution is 0.135. The Morgan fingerprint density at radius 1 is 1.29 bits per heavy atom. The summed E-state index contributed by atoms with van der Waals surface area (Å²) in [4.78, 5) is 0. The van der Waals surface area contributed by atoms with Gasteiger partial charge in [0, 0.05) is 0 Å². The van der Waals surface area contributed by atoms with Gasteiger partial charge in [-0.05, 0) is 30.9 Å². The molecule has 0 saturated carbocycles. The smallest absolute Gasteiger partial charge is 0.122 e. The van der Waals surface area contributed by atoms with Crippen molar-refractivity contribution in [1.82, 2.24) is 0 Å². The number of hydrogen-bond acceptors (Lipinski definition) is 2. The maximum Gasteiger partial charge on any atom is 0.122 e. The van der Waals surface area contributed by atoms with Crippen LogP contribution in [0.25, 0.3) is 0 Å². The minimum atomic E-state index is -0.278. The fourth-order valence-electron chi connectivity index (χ4n) is 1.39. The van der Waals surface area contributed by atoms with E-state index in [1.54, 1.807) is 7.11 Å². The van der Waals surface area contributed by atoms with Crippen LogP contribution in [0, 0.1) is 5.92 Å². The molecule has 78 valence electrons. The second-order valence-corrected chi connectivity index (χ2v) is 3.73. The first-order chi connectivity index (χ1) is 6.65. The molecule has 1 aromatic carbocycles. The third-order valence-corrected chi connectivity index (χ3v) is 2.56. The molecule has 0 aliphatic heterocycles. The van der Waals surface area contributed by atoms with E-state index in [0.717, 1.165) is 17.7 Å². The SMILES string of the molecule is COc1ccccc1C[C@H](C)[C@H](C)O. The summed E-state index contributed by atoms with van der Waals surface area (Å²) >= 11 is 0. The fourth-order valence-corrected chi connectivity index (χ4v) is 1.39. The highest BCUT2D eigenvalue weighted by Crippen LogP contribution is 2.21. The van der Waals surface area contributed by atoms with Crippen LogP contribution in [-0.4, -0.2) is 18.3 Å². The Kier molecular flexibility index (Phi) is 3.96. The van der Waals surface area contributed by atoms with Gasteiger partial charge >= 0.3 is 0 Å². The monoisotopic (exact) mass is 194 g/mol. The van der Waals surface area contributed by atoms with Gasteiger partial charge in [-0.1, -0.05) is 25.1 Å². The van der Waals surface area contributed by atoms with E-state index in [9.17, 15) is 5.11 Å². The second kappa shape index (κ2) is 5.01. The van der Waals surface area contributed by atoms with Crippen LogP contribution < -0.4 is 4.74 Å². The molecule has 1 aromatic rings. The van der Waals surface area contributed by atoms with Crippen LogP contribution in [0.3, 0.4) is 0 Å². The van der Waals surface area contributed by atoms with E-state index in [1.807, 2.05) is 38.1 Å². The largest absolute Gasteiger partial charge is 0.496 e. The van der Waals surface area contributed by atoms with E-state index in [0.29, 0.717) is 0 Å². The van der Waals surface area contributed by atoms with Crippen molar-refractivity contribution < 1.29 is 9.84 Å². The first-order valence-electron chi connectivity index (χ1n) is 4.95. The molecule has 0 unspecified atom stereocenters. The summed E-state index contributed by atoms with van der Waals surface area (Å²) in [5.74, 6) is 1.16. The highest BCUT2D eigenvalue weighted by Gasteiger charge is 2.11. The Morgan fingerprint density at radius 2 is 1.93 bits per heavy atom. The highest BCUT2D eigenvalue weighted by atomic mass is 16.5. The Hall–Kier alpha value is -1.02. The van der Waals surface area contributed by atoms with Crippen molar-refractivity contribution in [1.29, 1.82) is 0 Å². The first kappa shape index (κ1) is 11.1. The average molecular weight is 194 g/mol. The molecule has 14 heavy (non-hydrogen) atoms. The van der Waals surface area contributed by atoms with Crippen molar-refractivity contribution in [2.75, 3.05) is 7.11 Å². The van der Waals surface area contributed by atoms with Crippen molar-refractivity contribution in [3.63, 3.8) is 0 Å². The maximum atomic E-state index is 9.40. The number of aliphatic hydroxyl groups excluding tert-OH is 1. The van der Waals surface area contributed by atoms with Crippen molar-refractivity contribution in [3.05, 3.63) is 29.8 Å². The maximum absolute atomic E-state index is 9.40. The molecule has 2 atom stereocenters. The van der Waals surface area contributed by atoms with Crippen LogP contribution in [-0.2, 0) is 6.42 Å². The molecule has 0 fully saturated rings. The van der Waals surface area contributed by atoms with E-state index >= 15 is 0 Å². The number of aliphatic hydroxyl groups is 1. The van der Waals surface area contributed by atoms with Crippen molar-refractivity contribution >= 4 is 0 Å². The van der Waals surface area contributed by atoms with Crippen LogP contribution >= 0.6 is 0 Å².